The van der Waals surface area contributed by atoms with E-state index in [-0.39, 0.29) is 19.1 Å². The molecule has 0 aliphatic heterocycles. The molecule has 5 nitrogen and oxygen atoms in total. The van der Waals surface area contributed by atoms with Crippen molar-refractivity contribution in [2.45, 2.75) is 0 Å². The smallest absolute Gasteiger partial charge is 0.344 e. The quantitative estimate of drug-likeness (QED) is 0.792. The molecule has 7 heteroatoms. The van der Waals surface area contributed by atoms with E-state index in [1.807, 2.05) is 0 Å². The third-order valence-corrected chi connectivity index (χ3v) is 3.00. The number of carbonyl (C=O) groups excluding carboxylic acids is 2. The van der Waals surface area contributed by atoms with Crippen LogP contribution < -0.4 is 10.1 Å². The molecule has 1 amide bonds. The summed E-state index contributed by atoms with van der Waals surface area (Å²) in [5.74, 6) is -0.448. The molecule has 0 unspecified atom stereocenters. The van der Waals surface area contributed by atoms with Gasteiger partial charge in [0.05, 0.1) is 4.47 Å². The lowest BCUT2D eigenvalue weighted by atomic mass is 10.3. The van der Waals surface area contributed by atoms with Gasteiger partial charge in [-0.25, -0.2) is 4.79 Å². The van der Waals surface area contributed by atoms with E-state index in [2.05, 4.69) is 41.9 Å². The van der Waals surface area contributed by atoms with Gasteiger partial charge in [-0.05, 0) is 34.1 Å². The van der Waals surface area contributed by atoms with Gasteiger partial charge in [-0.3, -0.25) is 4.79 Å². The van der Waals surface area contributed by atoms with Crippen LogP contribution >= 0.6 is 31.9 Å². The van der Waals surface area contributed by atoms with Crippen LogP contribution in [0, 0.1) is 0 Å². The minimum Gasteiger partial charge on any atom is -0.481 e. The number of hydrogen-bond acceptors (Lipinski definition) is 4. The number of hydrogen-bond donors (Lipinski definition) is 1. The van der Waals surface area contributed by atoms with Crippen LogP contribution in [0.3, 0.4) is 0 Å². The average Bonchev–Trinajstić information content (AvgIpc) is 2.34. The summed E-state index contributed by atoms with van der Waals surface area (Å²) in [6.45, 7) is -0.558. The van der Waals surface area contributed by atoms with Gasteiger partial charge in [-0.1, -0.05) is 15.9 Å². The van der Waals surface area contributed by atoms with E-state index in [1.54, 1.807) is 18.2 Å². The van der Waals surface area contributed by atoms with E-state index in [0.29, 0.717) is 5.75 Å². The molecule has 1 aromatic carbocycles. The Morgan fingerprint density at radius 3 is 2.61 bits per heavy atom. The fraction of sp³-hybridized carbons (Fsp3) is 0.273. The van der Waals surface area contributed by atoms with Gasteiger partial charge in [0.15, 0.2) is 13.2 Å². The summed E-state index contributed by atoms with van der Waals surface area (Å²) < 4.78 is 11.5. The summed E-state index contributed by atoms with van der Waals surface area (Å²) in [4.78, 5) is 22.1. The van der Waals surface area contributed by atoms with Crippen LogP contribution in [-0.2, 0) is 14.3 Å². The molecule has 0 spiro atoms. The summed E-state index contributed by atoms with van der Waals surface area (Å²) in [7, 11) is 1.46. The van der Waals surface area contributed by atoms with Crippen molar-refractivity contribution in [3.63, 3.8) is 0 Å². The van der Waals surface area contributed by atoms with E-state index in [1.165, 1.54) is 7.05 Å². The molecule has 1 rings (SSSR count). The van der Waals surface area contributed by atoms with Gasteiger partial charge in [0.1, 0.15) is 5.75 Å². The van der Waals surface area contributed by atoms with Crippen molar-refractivity contribution in [1.29, 1.82) is 0 Å². The second-order valence-electron chi connectivity index (χ2n) is 3.20. The fourth-order valence-corrected chi connectivity index (χ4v) is 2.15. The van der Waals surface area contributed by atoms with Crippen molar-refractivity contribution < 1.29 is 19.1 Å². The van der Waals surface area contributed by atoms with E-state index in [9.17, 15) is 9.59 Å². The molecule has 0 heterocycles. The number of nitrogens with one attached hydrogen (secondary N) is 1. The molecule has 0 bridgehead atoms. The van der Waals surface area contributed by atoms with Gasteiger partial charge in [-0.2, -0.15) is 0 Å². The summed E-state index contributed by atoms with van der Waals surface area (Å²) >= 11 is 6.60. The molecule has 0 aliphatic rings. The first-order valence-electron chi connectivity index (χ1n) is 4.97. The number of benzene rings is 1. The molecular weight excluding hydrogens is 370 g/mol. The molecule has 0 fully saturated rings. The number of carbonyl (C=O) groups is 2. The lowest BCUT2D eigenvalue weighted by molar-refractivity contribution is -0.150. The Bertz CT molecular complexity index is 451. The van der Waals surface area contributed by atoms with Crippen LogP contribution in [0.5, 0.6) is 5.75 Å². The van der Waals surface area contributed by atoms with Gasteiger partial charge >= 0.3 is 5.97 Å². The average molecular weight is 381 g/mol. The van der Waals surface area contributed by atoms with Crippen molar-refractivity contribution in [3.05, 3.63) is 27.1 Å². The molecule has 0 saturated carbocycles. The Balaban J connectivity index is 2.40. The summed E-state index contributed by atoms with van der Waals surface area (Å²) in [5, 5.41) is 2.34. The van der Waals surface area contributed by atoms with Crippen molar-refractivity contribution >= 4 is 43.7 Å². The van der Waals surface area contributed by atoms with E-state index in [0.717, 1.165) is 8.95 Å². The number of likely N-dealkylation sites (N-methyl/N-ethyl adjacent to an activating group) is 1. The molecule has 1 N–H and O–H groups in total. The highest BCUT2D eigenvalue weighted by Crippen LogP contribution is 2.28. The fourth-order valence-electron chi connectivity index (χ4n) is 0.989. The minimum absolute atomic E-state index is 0.253. The van der Waals surface area contributed by atoms with Gasteiger partial charge in [-0.15, -0.1) is 0 Å². The molecule has 18 heavy (non-hydrogen) atoms. The Labute approximate surface area is 121 Å². The Morgan fingerprint density at radius 1 is 1.28 bits per heavy atom. The van der Waals surface area contributed by atoms with Crippen molar-refractivity contribution in [2.75, 3.05) is 20.3 Å². The zero-order chi connectivity index (χ0) is 13.5. The van der Waals surface area contributed by atoms with Crippen LogP contribution in [0.15, 0.2) is 27.1 Å². The molecule has 98 valence electrons. The molecule has 0 aromatic heterocycles. The first-order valence-corrected chi connectivity index (χ1v) is 6.55. The van der Waals surface area contributed by atoms with Crippen LogP contribution in [0.25, 0.3) is 0 Å². The second-order valence-corrected chi connectivity index (χ2v) is 4.97. The first-order chi connectivity index (χ1) is 8.52. The van der Waals surface area contributed by atoms with Gasteiger partial charge in [0.25, 0.3) is 5.91 Å². The van der Waals surface area contributed by atoms with E-state index >= 15 is 0 Å². The van der Waals surface area contributed by atoms with Crippen molar-refractivity contribution in [2.24, 2.45) is 0 Å². The third-order valence-electron chi connectivity index (χ3n) is 1.88. The van der Waals surface area contributed by atoms with Crippen LogP contribution in [0.2, 0.25) is 0 Å². The zero-order valence-corrected chi connectivity index (χ0v) is 12.7. The highest BCUT2D eigenvalue weighted by molar-refractivity contribution is 9.11. The number of esters is 1. The Kier molecular flexibility index (Phi) is 6.14. The first kappa shape index (κ1) is 15.0. The lowest BCUT2D eigenvalue weighted by Gasteiger charge is -2.08. The predicted molar refractivity (Wildman–Crippen MR) is 72.4 cm³/mol. The minimum atomic E-state index is -0.603. The maximum Gasteiger partial charge on any atom is 0.344 e. The van der Waals surface area contributed by atoms with Crippen LogP contribution in [0.1, 0.15) is 0 Å². The van der Waals surface area contributed by atoms with E-state index < -0.39 is 5.97 Å². The highest BCUT2D eigenvalue weighted by atomic mass is 79.9. The number of ether oxygens (including phenoxy) is 2. The normalized spacial score (nSPS) is 9.72. The Morgan fingerprint density at radius 2 is 2.00 bits per heavy atom. The molecule has 0 aliphatic carbocycles. The predicted octanol–water partition coefficient (Wildman–Crippen LogP) is 1.88. The zero-order valence-electron chi connectivity index (χ0n) is 9.54. The monoisotopic (exact) mass is 379 g/mol. The maximum atomic E-state index is 11.3. The third kappa shape index (κ3) is 5.05. The molecule has 1 aromatic rings. The Hall–Kier alpha value is -1.08. The van der Waals surface area contributed by atoms with Gasteiger partial charge in [0.2, 0.25) is 0 Å². The number of halogens is 2. The number of rotatable bonds is 5. The maximum absolute atomic E-state index is 11.3. The standard InChI is InChI=1S/C11H11Br2NO4/c1-14-10(15)5-18-11(16)6-17-9-3-2-7(12)4-8(9)13/h2-4H,5-6H2,1H3,(H,14,15). The summed E-state index contributed by atoms with van der Waals surface area (Å²) in [5.41, 5.74) is 0. The summed E-state index contributed by atoms with van der Waals surface area (Å²) in [6, 6.07) is 5.29. The van der Waals surface area contributed by atoms with Crippen molar-refractivity contribution in [1.82, 2.24) is 5.32 Å². The van der Waals surface area contributed by atoms with Crippen LogP contribution in [0.4, 0.5) is 0 Å². The molecule has 0 radical (unpaired) electrons. The SMILES string of the molecule is CNC(=O)COC(=O)COc1ccc(Br)cc1Br. The van der Waals surface area contributed by atoms with Gasteiger partial charge < -0.3 is 14.8 Å². The molecule has 0 atom stereocenters. The summed E-state index contributed by atoms with van der Waals surface area (Å²) in [6.07, 6.45) is 0. The van der Waals surface area contributed by atoms with Crippen molar-refractivity contribution in [3.8, 4) is 5.75 Å². The van der Waals surface area contributed by atoms with Gasteiger partial charge in [0, 0.05) is 11.5 Å². The molecular formula is C11H11Br2NO4. The second kappa shape index (κ2) is 7.38. The number of amides is 1. The molecule has 0 saturated heterocycles. The van der Waals surface area contributed by atoms with E-state index in [4.69, 9.17) is 4.74 Å². The lowest BCUT2D eigenvalue weighted by Crippen LogP contribution is -2.26. The topological polar surface area (TPSA) is 64.6 Å². The highest BCUT2D eigenvalue weighted by Gasteiger charge is 2.08. The van der Waals surface area contributed by atoms with Crippen LogP contribution in [-0.4, -0.2) is 32.1 Å². The largest absolute Gasteiger partial charge is 0.481 e.